The van der Waals surface area contributed by atoms with Crippen LogP contribution >= 0.6 is 0 Å². The van der Waals surface area contributed by atoms with Gasteiger partial charge in [-0.1, -0.05) is 34.1 Å². The maximum Gasteiger partial charge on any atom is 0.234 e. The van der Waals surface area contributed by atoms with Crippen LogP contribution in [0.25, 0.3) is 0 Å². The monoisotopic (exact) mass is 313 g/mol. The molecular formula is C16H31N3O3. The Kier molecular flexibility index (Phi) is 9.85. The number of likely N-dealkylation sites (N-methyl/N-ethyl adjacent to an activating group) is 1. The summed E-state index contributed by atoms with van der Waals surface area (Å²) in [5.41, 5.74) is 0. The number of rotatable bonds is 11. The third-order valence-electron chi connectivity index (χ3n) is 3.81. The van der Waals surface area contributed by atoms with E-state index in [0.717, 1.165) is 6.42 Å². The molecule has 3 atom stereocenters. The van der Waals surface area contributed by atoms with Gasteiger partial charge in [-0.25, -0.2) is 0 Å². The van der Waals surface area contributed by atoms with E-state index in [1.165, 1.54) is 6.92 Å². The highest BCUT2D eigenvalue weighted by Crippen LogP contribution is 2.09. The van der Waals surface area contributed by atoms with Gasteiger partial charge in [-0.05, 0) is 25.8 Å². The van der Waals surface area contributed by atoms with Gasteiger partial charge in [0.05, 0.1) is 25.2 Å². The van der Waals surface area contributed by atoms with Crippen molar-refractivity contribution in [1.82, 2.24) is 16.0 Å². The Morgan fingerprint density at radius 1 is 1.00 bits per heavy atom. The van der Waals surface area contributed by atoms with Gasteiger partial charge in [-0.3, -0.25) is 14.4 Å². The summed E-state index contributed by atoms with van der Waals surface area (Å²) in [6.45, 7) is 9.56. The Morgan fingerprint density at radius 3 is 2.00 bits per heavy atom. The lowest BCUT2D eigenvalue weighted by Crippen LogP contribution is -2.52. The van der Waals surface area contributed by atoms with Crippen LogP contribution in [-0.2, 0) is 14.4 Å². The van der Waals surface area contributed by atoms with E-state index in [1.807, 2.05) is 27.7 Å². The summed E-state index contributed by atoms with van der Waals surface area (Å²) in [6.07, 6.45) is 0.788. The molecule has 0 aromatic carbocycles. The van der Waals surface area contributed by atoms with Crippen molar-refractivity contribution in [3.05, 3.63) is 0 Å². The summed E-state index contributed by atoms with van der Waals surface area (Å²) in [6, 6.07) is -0.868. The average Bonchev–Trinajstić information content (AvgIpc) is 2.43. The van der Waals surface area contributed by atoms with E-state index in [1.54, 1.807) is 7.05 Å². The molecule has 6 nitrogen and oxygen atoms in total. The Balaban J connectivity index is 4.76. The van der Waals surface area contributed by atoms with E-state index in [2.05, 4.69) is 16.0 Å². The quantitative estimate of drug-likeness (QED) is 0.517. The van der Waals surface area contributed by atoms with Gasteiger partial charge >= 0.3 is 0 Å². The molecule has 128 valence electrons. The lowest BCUT2D eigenvalue weighted by Gasteiger charge is -2.25. The number of carbonyl (C=O) groups excluding carboxylic acids is 3. The average molecular weight is 313 g/mol. The summed E-state index contributed by atoms with van der Waals surface area (Å²) in [4.78, 5) is 35.7. The van der Waals surface area contributed by atoms with Crippen LogP contribution in [0.3, 0.4) is 0 Å². The van der Waals surface area contributed by atoms with Crippen LogP contribution in [0.1, 0.15) is 41.0 Å². The summed E-state index contributed by atoms with van der Waals surface area (Å²) >= 11 is 0. The molecule has 0 heterocycles. The molecule has 0 saturated carbocycles. The zero-order valence-electron chi connectivity index (χ0n) is 14.7. The van der Waals surface area contributed by atoms with Gasteiger partial charge in [0, 0.05) is 0 Å². The lowest BCUT2D eigenvalue weighted by atomic mass is 9.94. The van der Waals surface area contributed by atoms with E-state index in [-0.39, 0.29) is 48.4 Å². The fourth-order valence-electron chi connectivity index (χ4n) is 2.33. The van der Waals surface area contributed by atoms with Gasteiger partial charge in [0.1, 0.15) is 5.78 Å². The van der Waals surface area contributed by atoms with Crippen LogP contribution < -0.4 is 16.0 Å². The van der Waals surface area contributed by atoms with Crippen LogP contribution in [-0.4, -0.2) is 49.7 Å². The number of amides is 1. The molecule has 0 rings (SSSR count). The predicted molar refractivity (Wildman–Crippen MR) is 87.6 cm³/mol. The van der Waals surface area contributed by atoms with Crippen molar-refractivity contribution in [2.24, 2.45) is 11.8 Å². The fourth-order valence-corrected chi connectivity index (χ4v) is 2.33. The molecule has 0 aromatic rings. The number of nitrogens with one attached hydrogen (secondary N) is 3. The second-order valence-electron chi connectivity index (χ2n) is 6.14. The molecule has 0 unspecified atom stereocenters. The van der Waals surface area contributed by atoms with Crippen LogP contribution in [0.4, 0.5) is 0 Å². The van der Waals surface area contributed by atoms with Crippen LogP contribution in [0.5, 0.6) is 0 Å². The number of carbonyl (C=O) groups is 3. The molecule has 0 spiro atoms. The zero-order valence-corrected chi connectivity index (χ0v) is 14.7. The largest absolute Gasteiger partial charge is 0.345 e. The topological polar surface area (TPSA) is 87.3 Å². The minimum atomic E-state index is -0.530. The van der Waals surface area contributed by atoms with Crippen LogP contribution in [0.2, 0.25) is 0 Å². The van der Waals surface area contributed by atoms with Crippen molar-refractivity contribution in [2.45, 2.75) is 53.1 Å². The van der Waals surface area contributed by atoms with Gasteiger partial charge in [0.25, 0.3) is 0 Å². The van der Waals surface area contributed by atoms with E-state index >= 15 is 0 Å². The molecule has 0 bridgehead atoms. The Bertz CT molecular complexity index is 383. The maximum absolute atomic E-state index is 12.4. The first kappa shape index (κ1) is 20.7. The molecule has 0 radical (unpaired) electrons. The first-order chi connectivity index (χ1) is 10.2. The molecular weight excluding hydrogens is 282 g/mol. The highest BCUT2D eigenvalue weighted by atomic mass is 16.2. The van der Waals surface area contributed by atoms with Crippen LogP contribution in [0.15, 0.2) is 0 Å². The third-order valence-corrected chi connectivity index (χ3v) is 3.81. The Labute approximate surface area is 133 Å². The first-order valence-corrected chi connectivity index (χ1v) is 7.95. The normalized spacial score (nSPS) is 15.2. The predicted octanol–water partition coefficient (Wildman–Crippen LogP) is 0.509. The van der Waals surface area contributed by atoms with E-state index < -0.39 is 6.04 Å². The fraction of sp³-hybridized carbons (Fsp3) is 0.812. The summed E-state index contributed by atoms with van der Waals surface area (Å²) in [7, 11) is 1.68. The highest BCUT2D eigenvalue weighted by molar-refractivity contribution is 5.91. The van der Waals surface area contributed by atoms with Gasteiger partial charge in [0.15, 0.2) is 5.78 Å². The molecule has 0 saturated heterocycles. The zero-order chi connectivity index (χ0) is 17.3. The Hall–Kier alpha value is -1.27. The Morgan fingerprint density at radius 2 is 1.59 bits per heavy atom. The SMILES string of the molecule is CC[C@H](C)[C@H](NC(=O)CNC)C(=O)CN[C@H](C(C)=O)C(C)C. The van der Waals surface area contributed by atoms with Crippen LogP contribution in [0, 0.1) is 11.8 Å². The molecule has 6 heteroatoms. The molecule has 0 aromatic heterocycles. The smallest absolute Gasteiger partial charge is 0.234 e. The molecule has 0 aliphatic heterocycles. The second kappa shape index (κ2) is 10.5. The highest BCUT2D eigenvalue weighted by Gasteiger charge is 2.27. The molecule has 0 aliphatic rings. The molecule has 0 fully saturated rings. The number of ketones is 2. The minimum Gasteiger partial charge on any atom is -0.345 e. The van der Waals surface area contributed by atoms with Gasteiger partial charge in [0.2, 0.25) is 5.91 Å². The van der Waals surface area contributed by atoms with Crippen molar-refractivity contribution >= 4 is 17.5 Å². The van der Waals surface area contributed by atoms with E-state index in [9.17, 15) is 14.4 Å². The maximum atomic E-state index is 12.4. The van der Waals surface area contributed by atoms with Crippen molar-refractivity contribution < 1.29 is 14.4 Å². The van der Waals surface area contributed by atoms with Gasteiger partial charge in [-0.15, -0.1) is 0 Å². The third kappa shape index (κ3) is 7.13. The van der Waals surface area contributed by atoms with Crippen molar-refractivity contribution in [3.63, 3.8) is 0 Å². The lowest BCUT2D eigenvalue weighted by molar-refractivity contribution is -0.128. The molecule has 1 amide bonds. The van der Waals surface area contributed by atoms with Crippen molar-refractivity contribution in [3.8, 4) is 0 Å². The van der Waals surface area contributed by atoms with Gasteiger partial charge < -0.3 is 16.0 Å². The number of hydrogen-bond donors (Lipinski definition) is 3. The first-order valence-electron chi connectivity index (χ1n) is 7.95. The minimum absolute atomic E-state index is 0.0158. The van der Waals surface area contributed by atoms with Crippen molar-refractivity contribution in [2.75, 3.05) is 20.1 Å². The van der Waals surface area contributed by atoms with E-state index in [4.69, 9.17) is 0 Å². The number of Topliss-reactive ketones (excluding diaryl/α,β-unsaturated/α-hetero) is 2. The summed E-state index contributed by atoms with van der Waals surface area (Å²) in [5, 5.41) is 8.56. The van der Waals surface area contributed by atoms with Gasteiger partial charge in [-0.2, -0.15) is 0 Å². The molecule has 22 heavy (non-hydrogen) atoms. The molecule has 0 aliphatic carbocycles. The van der Waals surface area contributed by atoms with Crippen molar-refractivity contribution in [1.29, 1.82) is 0 Å². The second-order valence-corrected chi connectivity index (χ2v) is 6.14. The number of hydrogen-bond acceptors (Lipinski definition) is 5. The summed E-state index contributed by atoms with van der Waals surface area (Å²) < 4.78 is 0. The van der Waals surface area contributed by atoms with E-state index in [0.29, 0.717) is 0 Å². The molecule has 3 N–H and O–H groups in total. The summed E-state index contributed by atoms with van der Waals surface area (Å²) in [5.74, 6) is -0.114. The standard InChI is InChI=1S/C16H31N3O3/c1-7-11(4)16(19-14(22)9-17-6)13(21)8-18-15(10(2)3)12(5)20/h10-11,15-18H,7-9H2,1-6H3,(H,19,22)/t11-,15-,16-/m0/s1.